The smallest absolute Gasteiger partial charge is 0.273 e. The van der Waals surface area contributed by atoms with Gasteiger partial charge >= 0.3 is 0 Å². The van der Waals surface area contributed by atoms with E-state index in [0.717, 1.165) is 63.4 Å². The van der Waals surface area contributed by atoms with Gasteiger partial charge in [0.1, 0.15) is 5.76 Å². The summed E-state index contributed by atoms with van der Waals surface area (Å²) in [5.74, 6) is 1.73. The SMILES string of the molecule is C=C1CN(CC2CCCOC2)C[C@H]1NC(=O)c1cc(C2CC2)on1. The Morgan fingerprint density at radius 1 is 1.42 bits per heavy atom. The second-order valence-corrected chi connectivity index (χ2v) is 7.35. The predicted octanol–water partition coefficient (Wildman–Crippen LogP) is 1.95. The zero-order valence-electron chi connectivity index (χ0n) is 14.0. The van der Waals surface area contributed by atoms with Crippen molar-refractivity contribution in [3.8, 4) is 0 Å². The summed E-state index contributed by atoms with van der Waals surface area (Å²) in [7, 11) is 0. The number of ether oxygens (including phenoxy) is 1. The molecule has 1 aliphatic carbocycles. The van der Waals surface area contributed by atoms with Crippen LogP contribution in [0, 0.1) is 5.92 Å². The maximum absolute atomic E-state index is 12.4. The molecule has 6 heteroatoms. The number of carbonyl (C=O) groups excluding carboxylic acids is 1. The Bertz CT molecular complexity index is 617. The van der Waals surface area contributed by atoms with Gasteiger partial charge in [-0.05, 0) is 37.2 Å². The summed E-state index contributed by atoms with van der Waals surface area (Å²) in [5.41, 5.74) is 1.44. The highest BCUT2D eigenvalue weighted by atomic mass is 16.5. The highest BCUT2D eigenvalue weighted by Crippen LogP contribution is 2.40. The minimum atomic E-state index is -0.167. The van der Waals surface area contributed by atoms with Crippen LogP contribution in [-0.2, 0) is 4.74 Å². The van der Waals surface area contributed by atoms with E-state index in [2.05, 4.69) is 22.0 Å². The number of likely N-dealkylation sites (tertiary alicyclic amines) is 1. The molecular weight excluding hydrogens is 306 g/mol. The van der Waals surface area contributed by atoms with Crippen LogP contribution in [0.4, 0.5) is 0 Å². The first-order valence-corrected chi connectivity index (χ1v) is 8.94. The van der Waals surface area contributed by atoms with Crippen molar-refractivity contribution in [2.24, 2.45) is 5.92 Å². The Morgan fingerprint density at radius 3 is 3.04 bits per heavy atom. The molecule has 24 heavy (non-hydrogen) atoms. The Morgan fingerprint density at radius 2 is 2.29 bits per heavy atom. The van der Waals surface area contributed by atoms with Crippen LogP contribution in [0.1, 0.15) is 47.8 Å². The Labute approximate surface area is 142 Å². The van der Waals surface area contributed by atoms with Crippen molar-refractivity contribution in [1.29, 1.82) is 0 Å². The molecule has 1 saturated carbocycles. The van der Waals surface area contributed by atoms with Gasteiger partial charge in [-0.15, -0.1) is 0 Å². The lowest BCUT2D eigenvalue weighted by atomic mass is 10.0. The van der Waals surface area contributed by atoms with Gasteiger partial charge in [0.15, 0.2) is 5.69 Å². The number of rotatable bonds is 5. The third-order valence-corrected chi connectivity index (χ3v) is 5.18. The van der Waals surface area contributed by atoms with Crippen LogP contribution in [-0.4, -0.2) is 54.9 Å². The molecule has 3 aliphatic rings. The third-order valence-electron chi connectivity index (χ3n) is 5.18. The van der Waals surface area contributed by atoms with Gasteiger partial charge in [0, 0.05) is 38.2 Å². The first kappa shape index (κ1) is 15.8. The van der Waals surface area contributed by atoms with Crippen molar-refractivity contribution in [3.05, 3.63) is 29.7 Å². The van der Waals surface area contributed by atoms with Crippen molar-refractivity contribution in [2.45, 2.75) is 37.6 Å². The van der Waals surface area contributed by atoms with Crippen molar-refractivity contribution >= 4 is 5.91 Å². The molecule has 0 spiro atoms. The first-order chi connectivity index (χ1) is 11.7. The standard InChI is InChI=1S/C18H25N3O3/c1-12-8-21(9-13-3-2-6-23-11-13)10-16(12)19-18(22)15-7-17(24-20-15)14-4-5-14/h7,13-14,16H,1-6,8-11H2,(H,19,22)/t13?,16-/m1/s1. The molecule has 3 fully saturated rings. The average molecular weight is 331 g/mol. The maximum Gasteiger partial charge on any atom is 0.273 e. The lowest BCUT2D eigenvalue weighted by Crippen LogP contribution is -2.39. The monoisotopic (exact) mass is 331 g/mol. The highest BCUT2D eigenvalue weighted by Gasteiger charge is 2.32. The zero-order valence-corrected chi connectivity index (χ0v) is 14.0. The van der Waals surface area contributed by atoms with E-state index in [4.69, 9.17) is 9.26 Å². The molecular formula is C18H25N3O3. The van der Waals surface area contributed by atoms with Crippen LogP contribution in [0.5, 0.6) is 0 Å². The first-order valence-electron chi connectivity index (χ1n) is 8.94. The van der Waals surface area contributed by atoms with Gasteiger partial charge in [-0.25, -0.2) is 0 Å². The van der Waals surface area contributed by atoms with Gasteiger partial charge in [0.25, 0.3) is 5.91 Å². The largest absolute Gasteiger partial charge is 0.381 e. The lowest BCUT2D eigenvalue weighted by Gasteiger charge is -2.26. The van der Waals surface area contributed by atoms with Crippen LogP contribution in [0.3, 0.4) is 0 Å². The molecule has 1 amide bonds. The second-order valence-electron chi connectivity index (χ2n) is 7.35. The molecule has 6 nitrogen and oxygen atoms in total. The number of carbonyl (C=O) groups is 1. The average Bonchev–Trinajstić information content (AvgIpc) is 3.21. The molecule has 2 saturated heterocycles. The van der Waals surface area contributed by atoms with Gasteiger partial charge in [0.05, 0.1) is 12.6 Å². The Balaban J connectivity index is 1.30. The Hall–Kier alpha value is -1.66. The predicted molar refractivity (Wildman–Crippen MR) is 88.9 cm³/mol. The van der Waals surface area contributed by atoms with Gasteiger partial charge in [-0.1, -0.05) is 11.7 Å². The van der Waals surface area contributed by atoms with Crippen molar-refractivity contribution in [1.82, 2.24) is 15.4 Å². The molecule has 3 heterocycles. The summed E-state index contributed by atoms with van der Waals surface area (Å²) < 4.78 is 10.8. The number of hydrogen-bond acceptors (Lipinski definition) is 5. The number of aromatic nitrogens is 1. The molecule has 1 N–H and O–H groups in total. The fourth-order valence-corrected chi connectivity index (χ4v) is 3.64. The molecule has 4 rings (SSSR count). The lowest BCUT2D eigenvalue weighted by molar-refractivity contribution is 0.0417. The van der Waals surface area contributed by atoms with Gasteiger partial charge < -0.3 is 14.6 Å². The van der Waals surface area contributed by atoms with Crippen LogP contribution >= 0.6 is 0 Å². The van der Waals surface area contributed by atoms with Crippen molar-refractivity contribution in [3.63, 3.8) is 0 Å². The topological polar surface area (TPSA) is 67.6 Å². The molecule has 0 radical (unpaired) electrons. The number of nitrogens with one attached hydrogen (secondary N) is 1. The Kier molecular flexibility index (Phi) is 4.41. The summed E-state index contributed by atoms with van der Waals surface area (Å²) >= 11 is 0. The second kappa shape index (κ2) is 6.69. The van der Waals surface area contributed by atoms with E-state index in [1.807, 2.05) is 0 Å². The van der Waals surface area contributed by atoms with Crippen LogP contribution in [0.2, 0.25) is 0 Å². The normalized spacial score (nSPS) is 28.2. The van der Waals surface area contributed by atoms with Gasteiger partial charge in [0.2, 0.25) is 0 Å². The van der Waals surface area contributed by atoms with E-state index in [9.17, 15) is 4.79 Å². The van der Waals surface area contributed by atoms with Crippen molar-refractivity contribution in [2.75, 3.05) is 32.8 Å². The molecule has 0 bridgehead atoms. The number of amides is 1. The maximum atomic E-state index is 12.4. The third kappa shape index (κ3) is 3.54. The van der Waals surface area contributed by atoms with Crippen LogP contribution in [0.15, 0.2) is 22.7 Å². The summed E-state index contributed by atoms with van der Waals surface area (Å²) in [5, 5.41) is 6.96. The fourth-order valence-electron chi connectivity index (χ4n) is 3.64. The fraction of sp³-hybridized carbons (Fsp3) is 0.667. The zero-order chi connectivity index (χ0) is 16.5. The van der Waals surface area contributed by atoms with E-state index in [-0.39, 0.29) is 11.9 Å². The van der Waals surface area contributed by atoms with E-state index in [1.165, 1.54) is 6.42 Å². The molecule has 0 aromatic carbocycles. The summed E-state index contributed by atoms with van der Waals surface area (Å²) in [4.78, 5) is 14.8. The quantitative estimate of drug-likeness (QED) is 0.835. The summed E-state index contributed by atoms with van der Waals surface area (Å²) in [6, 6.07) is 1.77. The molecule has 130 valence electrons. The molecule has 1 aromatic rings. The van der Waals surface area contributed by atoms with Crippen LogP contribution < -0.4 is 5.32 Å². The van der Waals surface area contributed by atoms with Crippen LogP contribution in [0.25, 0.3) is 0 Å². The number of nitrogens with zero attached hydrogens (tertiary/aromatic N) is 2. The minimum Gasteiger partial charge on any atom is -0.381 e. The van der Waals surface area contributed by atoms with E-state index >= 15 is 0 Å². The van der Waals surface area contributed by atoms with E-state index in [1.54, 1.807) is 6.07 Å². The molecule has 1 aromatic heterocycles. The highest BCUT2D eigenvalue weighted by molar-refractivity contribution is 5.92. The van der Waals surface area contributed by atoms with E-state index < -0.39 is 0 Å². The summed E-state index contributed by atoms with van der Waals surface area (Å²) in [6.07, 6.45) is 4.64. The minimum absolute atomic E-state index is 0.0110. The van der Waals surface area contributed by atoms with Gasteiger partial charge in [-0.2, -0.15) is 0 Å². The molecule has 2 atom stereocenters. The van der Waals surface area contributed by atoms with Crippen molar-refractivity contribution < 1.29 is 14.1 Å². The molecule has 1 unspecified atom stereocenters. The summed E-state index contributed by atoms with van der Waals surface area (Å²) in [6.45, 7) is 8.55. The van der Waals surface area contributed by atoms with E-state index in [0.29, 0.717) is 17.5 Å². The molecule has 2 aliphatic heterocycles. The number of hydrogen-bond donors (Lipinski definition) is 1. The van der Waals surface area contributed by atoms with Gasteiger partial charge in [-0.3, -0.25) is 9.69 Å².